The van der Waals surface area contributed by atoms with Gasteiger partial charge in [0.2, 0.25) is 0 Å². The van der Waals surface area contributed by atoms with Crippen molar-refractivity contribution in [1.82, 2.24) is 14.9 Å². The van der Waals surface area contributed by atoms with Crippen LogP contribution >= 0.6 is 0 Å². The predicted octanol–water partition coefficient (Wildman–Crippen LogP) is 0.449. The molecule has 1 amide bonds. The lowest BCUT2D eigenvalue weighted by molar-refractivity contribution is 0.0600. The summed E-state index contributed by atoms with van der Waals surface area (Å²) >= 11 is 0. The van der Waals surface area contributed by atoms with Gasteiger partial charge in [-0.25, -0.2) is 9.47 Å². The van der Waals surface area contributed by atoms with Crippen molar-refractivity contribution in [3.05, 3.63) is 48.0 Å². The smallest absolute Gasteiger partial charge is 0.337 e. The summed E-state index contributed by atoms with van der Waals surface area (Å²) in [5.41, 5.74) is 3.34. The number of methoxy groups -OCH3 is 1. The second-order valence-corrected chi connectivity index (χ2v) is 3.38. The molecule has 0 fully saturated rings. The molecule has 0 aliphatic rings. The molecule has 1 aromatic heterocycles. The van der Waals surface area contributed by atoms with E-state index in [0.29, 0.717) is 11.1 Å². The lowest BCUT2D eigenvalue weighted by Crippen LogP contribution is -2.21. The van der Waals surface area contributed by atoms with Crippen LogP contribution < -0.4 is 5.43 Å². The second-order valence-electron chi connectivity index (χ2n) is 3.38. The zero-order valence-electron chi connectivity index (χ0n) is 9.53. The lowest BCUT2D eigenvalue weighted by Gasteiger charge is -2.05. The van der Waals surface area contributed by atoms with Crippen LogP contribution in [0.25, 0.3) is 0 Å². The van der Waals surface area contributed by atoms with Crippen molar-refractivity contribution in [2.75, 3.05) is 12.5 Å². The number of ether oxygens (including phenoxy) is 1. The molecular formula is C11H10N4O3. The third kappa shape index (κ3) is 2.51. The molecule has 18 heavy (non-hydrogen) atoms. The van der Waals surface area contributed by atoms with E-state index >= 15 is 0 Å². The van der Waals surface area contributed by atoms with Crippen LogP contribution in [0.2, 0.25) is 0 Å². The number of nitrogens with one attached hydrogen (secondary N) is 1. The van der Waals surface area contributed by atoms with E-state index in [-0.39, 0.29) is 5.91 Å². The number of carbonyl (C=O) groups excluding carboxylic acids is 2. The van der Waals surface area contributed by atoms with Crippen LogP contribution in [0, 0.1) is 0 Å². The van der Waals surface area contributed by atoms with Gasteiger partial charge < -0.3 is 4.74 Å². The Morgan fingerprint density at radius 3 is 2.22 bits per heavy atom. The molecule has 2 rings (SSSR count). The molecule has 0 saturated heterocycles. The second kappa shape index (κ2) is 5.09. The third-order valence-corrected chi connectivity index (χ3v) is 2.22. The molecule has 0 aliphatic heterocycles. The first kappa shape index (κ1) is 11.8. The van der Waals surface area contributed by atoms with Crippen molar-refractivity contribution < 1.29 is 14.3 Å². The third-order valence-electron chi connectivity index (χ3n) is 2.22. The Labute approximate surface area is 102 Å². The van der Waals surface area contributed by atoms with E-state index in [1.54, 1.807) is 0 Å². The van der Waals surface area contributed by atoms with Crippen molar-refractivity contribution in [2.45, 2.75) is 0 Å². The normalized spacial score (nSPS) is 9.83. The van der Waals surface area contributed by atoms with E-state index in [1.807, 2.05) is 0 Å². The highest BCUT2D eigenvalue weighted by Crippen LogP contribution is 2.06. The van der Waals surface area contributed by atoms with Crippen LogP contribution in [0.1, 0.15) is 20.7 Å². The fraction of sp³-hybridized carbons (Fsp3) is 0.0909. The van der Waals surface area contributed by atoms with E-state index in [2.05, 4.69) is 20.4 Å². The molecule has 0 saturated carbocycles. The number of carbonyl (C=O) groups is 2. The number of esters is 1. The minimum Gasteiger partial charge on any atom is -0.465 e. The zero-order chi connectivity index (χ0) is 13.0. The Morgan fingerprint density at radius 2 is 1.67 bits per heavy atom. The number of amides is 1. The van der Waals surface area contributed by atoms with E-state index in [9.17, 15) is 9.59 Å². The van der Waals surface area contributed by atoms with Gasteiger partial charge in [-0.2, -0.15) is 0 Å². The standard InChI is InChI=1S/C11H10N4O3/c1-18-11(17)9-4-2-8(3-5-9)10(16)14-15-6-12-13-7-15/h2-7H,1H3,(H,14,16). The summed E-state index contributed by atoms with van der Waals surface area (Å²) < 4.78 is 5.89. The number of benzene rings is 1. The average molecular weight is 246 g/mol. The van der Waals surface area contributed by atoms with Crippen LogP contribution in [-0.4, -0.2) is 33.9 Å². The van der Waals surface area contributed by atoms with Crippen molar-refractivity contribution in [1.29, 1.82) is 0 Å². The van der Waals surface area contributed by atoms with Gasteiger partial charge in [-0.15, -0.1) is 10.2 Å². The molecule has 1 aromatic carbocycles. The van der Waals surface area contributed by atoms with E-state index in [0.717, 1.165) is 0 Å². The van der Waals surface area contributed by atoms with Gasteiger partial charge in [0.1, 0.15) is 12.7 Å². The molecule has 1 N–H and O–H groups in total. The summed E-state index contributed by atoms with van der Waals surface area (Å²) in [5.74, 6) is -0.771. The van der Waals surface area contributed by atoms with Crippen molar-refractivity contribution in [3.63, 3.8) is 0 Å². The summed E-state index contributed by atoms with van der Waals surface area (Å²) in [5, 5.41) is 7.11. The molecule has 0 aliphatic carbocycles. The topological polar surface area (TPSA) is 86.1 Å². The molecule has 0 unspecified atom stereocenters. The van der Waals surface area contributed by atoms with Gasteiger partial charge in [0, 0.05) is 5.56 Å². The number of rotatable bonds is 3. The Hall–Kier alpha value is -2.70. The highest BCUT2D eigenvalue weighted by molar-refractivity contribution is 6.00. The molecule has 0 spiro atoms. The summed E-state index contributed by atoms with van der Waals surface area (Å²) in [6, 6.07) is 6.11. The highest BCUT2D eigenvalue weighted by Gasteiger charge is 2.08. The first-order valence-electron chi connectivity index (χ1n) is 5.05. The largest absolute Gasteiger partial charge is 0.465 e. The summed E-state index contributed by atoms with van der Waals surface area (Å²) in [7, 11) is 1.30. The Balaban J connectivity index is 2.09. The molecule has 92 valence electrons. The van der Waals surface area contributed by atoms with Crippen molar-refractivity contribution in [2.24, 2.45) is 0 Å². The monoisotopic (exact) mass is 246 g/mol. The maximum atomic E-state index is 11.8. The van der Waals surface area contributed by atoms with Crippen LogP contribution in [-0.2, 0) is 4.74 Å². The van der Waals surface area contributed by atoms with Gasteiger partial charge in [-0.3, -0.25) is 10.2 Å². The quantitative estimate of drug-likeness (QED) is 0.794. The van der Waals surface area contributed by atoms with Gasteiger partial charge in [-0.05, 0) is 24.3 Å². The number of aromatic nitrogens is 3. The zero-order valence-corrected chi connectivity index (χ0v) is 9.53. The van der Waals surface area contributed by atoms with Crippen LogP contribution in [0.3, 0.4) is 0 Å². The summed E-state index contributed by atoms with van der Waals surface area (Å²) in [6.07, 6.45) is 2.72. The number of nitrogens with zero attached hydrogens (tertiary/aromatic N) is 3. The van der Waals surface area contributed by atoms with Crippen molar-refractivity contribution in [3.8, 4) is 0 Å². The van der Waals surface area contributed by atoms with E-state index < -0.39 is 5.97 Å². The minimum atomic E-state index is -0.444. The van der Waals surface area contributed by atoms with Gasteiger partial charge in [0.15, 0.2) is 0 Å². The van der Waals surface area contributed by atoms with Crippen molar-refractivity contribution >= 4 is 11.9 Å². The number of hydrogen-bond donors (Lipinski definition) is 1. The highest BCUT2D eigenvalue weighted by atomic mass is 16.5. The van der Waals surface area contributed by atoms with Crippen LogP contribution in [0.4, 0.5) is 0 Å². The molecule has 0 bridgehead atoms. The maximum Gasteiger partial charge on any atom is 0.337 e. The van der Waals surface area contributed by atoms with Gasteiger partial charge in [0.05, 0.1) is 12.7 Å². The van der Waals surface area contributed by atoms with Gasteiger partial charge in [-0.1, -0.05) is 0 Å². The van der Waals surface area contributed by atoms with E-state index in [1.165, 1.54) is 48.7 Å². The summed E-state index contributed by atoms with van der Waals surface area (Å²) in [6.45, 7) is 0. The average Bonchev–Trinajstić information content (AvgIpc) is 2.91. The fourth-order valence-corrected chi connectivity index (χ4v) is 1.32. The lowest BCUT2D eigenvalue weighted by atomic mass is 10.1. The minimum absolute atomic E-state index is 0.328. The first-order valence-corrected chi connectivity index (χ1v) is 5.05. The molecule has 2 aromatic rings. The Kier molecular flexibility index (Phi) is 3.33. The molecule has 7 nitrogen and oxygen atoms in total. The molecule has 1 heterocycles. The number of hydrogen-bond acceptors (Lipinski definition) is 5. The Bertz CT molecular complexity index is 548. The molecule has 0 radical (unpaired) electrons. The molecule has 0 atom stereocenters. The van der Waals surface area contributed by atoms with Gasteiger partial charge >= 0.3 is 5.97 Å². The van der Waals surface area contributed by atoms with E-state index in [4.69, 9.17) is 0 Å². The summed E-state index contributed by atoms with van der Waals surface area (Å²) in [4.78, 5) is 23.0. The maximum absolute atomic E-state index is 11.8. The van der Waals surface area contributed by atoms with Crippen LogP contribution in [0.15, 0.2) is 36.9 Å². The first-order chi connectivity index (χ1) is 8.70. The molecular weight excluding hydrogens is 236 g/mol. The SMILES string of the molecule is COC(=O)c1ccc(C(=O)Nn2cnnc2)cc1. The molecule has 7 heteroatoms. The fourth-order valence-electron chi connectivity index (χ4n) is 1.32. The Morgan fingerprint density at radius 1 is 1.11 bits per heavy atom. The van der Waals surface area contributed by atoms with Crippen LogP contribution in [0.5, 0.6) is 0 Å². The van der Waals surface area contributed by atoms with Gasteiger partial charge in [0.25, 0.3) is 5.91 Å². The predicted molar refractivity (Wildman–Crippen MR) is 61.5 cm³/mol.